The molecular formula is C13H15NO4. The summed E-state index contributed by atoms with van der Waals surface area (Å²) < 4.78 is 0. The van der Waals surface area contributed by atoms with Crippen molar-refractivity contribution in [1.29, 1.82) is 0 Å². The van der Waals surface area contributed by atoms with Crippen molar-refractivity contribution in [3.8, 4) is 5.75 Å². The molecule has 0 heterocycles. The van der Waals surface area contributed by atoms with Crippen molar-refractivity contribution < 1.29 is 19.8 Å². The van der Waals surface area contributed by atoms with Crippen LogP contribution in [0.15, 0.2) is 18.2 Å². The zero-order chi connectivity index (χ0) is 13.3. The van der Waals surface area contributed by atoms with Gasteiger partial charge in [-0.05, 0) is 43.5 Å². The number of aromatic hydroxyl groups is 1. The van der Waals surface area contributed by atoms with Gasteiger partial charge in [0.1, 0.15) is 5.75 Å². The molecule has 0 aromatic heterocycles. The quantitative estimate of drug-likeness (QED) is 0.750. The highest BCUT2D eigenvalue weighted by Crippen LogP contribution is 2.45. The average molecular weight is 249 g/mol. The highest BCUT2D eigenvalue weighted by molar-refractivity contribution is 5.96. The van der Waals surface area contributed by atoms with Crippen LogP contribution < -0.4 is 5.32 Å². The van der Waals surface area contributed by atoms with Crippen molar-refractivity contribution in [1.82, 2.24) is 5.32 Å². The number of carbonyl (C=O) groups is 2. The number of nitrogens with one attached hydrogen (secondary N) is 1. The van der Waals surface area contributed by atoms with E-state index in [-0.39, 0.29) is 18.2 Å². The molecule has 18 heavy (non-hydrogen) atoms. The normalized spacial score (nSPS) is 16.1. The van der Waals surface area contributed by atoms with Crippen LogP contribution in [0.25, 0.3) is 0 Å². The Morgan fingerprint density at radius 3 is 2.56 bits per heavy atom. The predicted molar refractivity (Wildman–Crippen MR) is 64.5 cm³/mol. The number of phenolic OH excluding ortho intramolecular Hbond substituents is 1. The summed E-state index contributed by atoms with van der Waals surface area (Å²) in [4.78, 5) is 22.8. The summed E-state index contributed by atoms with van der Waals surface area (Å²) >= 11 is 0. The molecule has 3 N–H and O–H groups in total. The van der Waals surface area contributed by atoms with E-state index < -0.39 is 11.4 Å². The zero-order valence-electron chi connectivity index (χ0n) is 10.1. The standard InChI is InChI=1S/C13H15NO4/c1-8-6-9(15)2-3-10(8)11(16)14-7-13(4-5-13)12(17)18/h2-3,6,15H,4-5,7H2,1H3,(H,14,16)(H,17,18). The van der Waals surface area contributed by atoms with E-state index >= 15 is 0 Å². The number of rotatable bonds is 4. The van der Waals surface area contributed by atoms with Gasteiger partial charge in [0.15, 0.2) is 0 Å². The Morgan fingerprint density at radius 2 is 2.06 bits per heavy atom. The van der Waals surface area contributed by atoms with Gasteiger partial charge in [-0.15, -0.1) is 0 Å². The molecule has 96 valence electrons. The Kier molecular flexibility index (Phi) is 2.98. The maximum Gasteiger partial charge on any atom is 0.311 e. The molecule has 5 nitrogen and oxygen atoms in total. The minimum Gasteiger partial charge on any atom is -0.508 e. The summed E-state index contributed by atoms with van der Waals surface area (Å²) in [5.41, 5.74) is 0.349. The van der Waals surface area contributed by atoms with Crippen LogP contribution >= 0.6 is 0 Å². The topological polar surface area (TPSA) is 86.6 Å². The van der Waals surface area contributed by atoms with E-state index in [1.165, 1.54) is 18.2 Å². The molecular weight excluding hydrogens is 234 g/mol. The van der Waals surface area contributed by atoms with Crippen LogP contribution in [0.4, 0.5) is 0 Å². The lowest BCUT2D eigenvalue weighted by Crippen LogP contribution is -2.34. The molecule has 0 radical (unpaired) electrons. The number of amides is 1. The van der Waals surface area contributed by atoms with E-state index in [0.29, 0.717) is 24.0 Å². The number of carboxylic acids is 1. The Balaban J connectivity index is 2.02. The van der Waals surface area contributed by atoms with Crippen LogP contribution in [0.1, 0.15) is 28.8 Å². The number of hydrogen-bond acceptors (Lipinski definition) is 3. The first-order valence-corrected chi connectivity index (χ1v) is 5.76. The fraction of sp³-hybridized carbons (Fsp3) is 0.385. The molecule has 1 aromatic rings. The third kappa shape index (κ3) is 2.30. The number of carboxylic acid groups (broad SMARTS) is 1. The predicted octanol–water partition coefficient (Wildman–Crippen LogP) is 1.30. The van der Waals surface area contributed by atoms with Gasteiger partial charge < -0.3 is 15.5 Å². The number of phenols is 1. The Bertz CT molecular complexity index is 506. The second-order valence-corrected chi connectivity index (χ2v) is 4.77. The molecule has 1 aliphatic rings. The van der Waals surface area contributed by atoms with Crippen molar-refractivity contribution >= 4 is 11.9 Å². The minimum absolute atomic E-state index is 0.105. The van der Waals surface area contributed by atoms with E-state index in [4.69, 9.17) is 5.11 Å². The second-order valence-electron chi connectivity index (χ2n) is 4.77. The van der Waals surface area contributed by atoms with Crippen molar-refractivity contribution in [3.63, 3.8) is 0 Å². The molecule has 5 heteroatoms. The summed E-state index contributed by atoms with van der Waals surface area (Å²) in [6.07, 6.45) is 1.22. The summed E-state index contributed by atoms with van der Waals surface area (Å²) in [7, 11) is 0. The van der Waals surface area contributed by atoms with Crippen LogP contribution in [0.5, 0.6) is 5.75 Å². The molecule has 1 fully saturated rings. The largest absolute Gasteiger partial charge is 0.508 e. The number of aryl methyl sites for hydroxylation is 1. The van der Waals surface area contributed by atoms with Gasteiger partial charge in [-0.25, -0.2) is 0 Å². The monoisotopic (exact) mass is 249 g/mol. The molecule has 0 saturated heterocycles. The number of benzene rings is 1. The SMILES string of the molecule is Cc1cc(O)ccc1C(=O)NCC1(C(=O)O)CC1. The minimum atomic E-state index is -0.856. The van der Waals surface area contributed by atoms with Gasteiger partial charge >= 0.3 is 5.97 Å². The highest BCUT2D eigenvalue weighted by Gasteiger charge is 2.50. The van der Waals surface area contributed by atoms with Crippen LogP contribution in [-0.2, 0) is 4.79 Å². The lowest BCUT2D eigenvalue weighted by atomic mass is 10.1. The molecule has 1 amide bonds. The molecule has 1 aromatic carbocycles. The first-order valence-electron chi connectivity index (χ1n) is 5.76. The van der Waals surface area contributed by atoms with E-state index in [2.05, 4.69) is 5.32 Å². The summed E-state index contributed by atoms with van der Waals surface area (Å²) in [6.45, 7) is 1.88. The number of hydrogen-bond donors (Lipinski definition) is 3. The molecule has 0 bridgehead atoms. The summed E-state index contributed by atoms with van der Waals surface area (Å²) in [6, 6.07) is 4.46. The van der Waals surface area contributed by atoms with E-state index in [0.717, 1.165) is 0 Å². The third-order valence-electron chi connectivity index (χ3n) is 3.35. The van der Waals surface area contributed by atoms with Crippen LogP contribution in [0, 0.1) is 12.3 Å². The maximum atomic E-state index is 11.9. The molecule has 2 rings (SSSR count). The Labute approximate surface area is 104 Å². The molecule has 0 unspecified atom stereocenters. The van der Waals surface area contributed by atoms with E-state index in [9.17, 15) is 14.7 Å². The van der Waals surface area contributed by atoms with Gasteiger partial charge in [-0.3, -0.25) is 9.59 Å². The fourth-order valence-electron chi connectivity index (χ4n) is 1.86. The van der Waals surface area contributed by atoms with Crippen LogP contribution in [0.3, 0.4) is 0 Å². The van der Waals surface area contributed by atoms with Gasteiger partial charge in [-0.2, -0.15) is 0 Å². The number of carbonyl (C=O) groups excluding carboxylic acids is 1. The van der Waals surface area contributed by atoms with Crippen molar-refractivity contribution in [3.05, 3.63) is 29.3 Å². The van der Waals surface area contributed by atoms with Gasteiger partial charge in [0.05, 0.1) is 5.41 Å². The molecule has 0 atom stereocenters. The first-order chi connectivity index (χ1) is 8.44. The van der Waals surface area contributed by atoms with E-state index in [1.807, 2.05) is 0 Å². The van der Waals surface area contributed by atoms with Gasteiger partial charge in [0, 0.05) is 12.1 Å². The highest BCUT2D eigenvalue weighted by atomic mass is 16.4. The number of aliphatic carboxylic acids is 1. The summed E-state index contributed by atoms with van der Waals surface area (Å²) in [5.74, 6) is -1.06. The van der Waals surface area contributed by atoms with Crippen molar-refractivity contribution in [2.24, 2.45) is 5.41 Å². The first kappa shape index (κ1) is 12.4. The maximum absolute atomic E-state index is 11.9. The van der Waals surface area contributed by atoms with Gasteiger partial charge in [0.25, 0.3) is 5.91 Å². The van der Waals surface area contributed by atoms with Crippen molar-refractivity contribution in [2.75, 3.05) is 6.54 Å². The molecule has 0 spiro atoms. The van der Waals surface area contributed by atoms with Crippen molar-refractivity contribution in [2.45, 2.75) is 19.8 Å². The van der Waals surface area contributed by atoms with Crippen LogP contribution in [-0.4, -0.2) is 28.6 Å². The molecule has 1 aliphatic carbocycles. The van der Waals surface area contributed by atoms with E-state index in [1.54, 1.807) is 6.92 Å². The molecule has 0 aliphatic heterocycles. The third-order valence-corrected chi connectivity index (χ3v) is 3.35. The Morgan fingerprint density at radius 1 is 1.39 bits per heavy atom. The molecule has 1 saturated carbocycles. The fourth-order valence-corrected chi connectivity index (χ4v) is 1.86. The summed E-state index contributed by atoms with van der Waals surface area (Å²) in [5, 5.41) is 20.9. The lowest BCUT2D eigenvalue weighted by molar-refractivity contribution is -0.143. The zero-order valence-corrected chi connectivity index (χ0v) is 10.1. The second kappa shape index (κ2) is 4.33. The smallest absolute Gasteiger partial charge is 0.311 e. The van der Waals surface area contributed by atoms with Gasteiger partial charge in [0.2, 0.25) is 0 Å². The van der Waals surface area contributed by atoms with Gasteiger partial charge in [-0.1, -0.05) is 0 Å². The van der Waals surface area contributed by atoms with Crippen LogP contribution in [0.2, 0.25) is 0 Å². The average Bonchev–Trinajstić information content (AvgIpc) is 3.07. The Hall–Kier alpha value is -2.04. The lowest BCUT2D eigenvalue weighted by Gasteiger charge is -2.12.